The first-order valence-corrected chi connectivity index (χ1v) is 19.2. The van der Waals surface area contributed by atoms with Gasteiger partial charge in [-0.2, -0.15) is 0 Å². The van der Waals surface area contributed by atoms with Crippen molar-refractivity contribution in [2.75, 3.05) is 7.11 Å². The monoisotopic (exact) mass is 832 g/mol. The number of hydrogen-bond acceptors (Lipinski definition) is 15. The van der Waals surface area contributed by atoms with Crippen molar-refractivity contribution in [3.8, 4) is 69.0 Å². The molecule has 3 heterocycles. The van der Waals surface area contributed by atoms with Crippen molar-refractivity contribution < 1.29 is 75.1 Å². The minimum atomic E-state index is -1.70. The summed E-state index contributed by atoms with van der Waals surface area (Å²) in [6.45, 7) is 0. The van der Waals surface area contributed by atoms with E-state index in [2.05, 4.69) is 0 Å². The van der Waals surface area contributed by atoms with Crippen LogP contribution in [0.1, 0.15) is 74.7 Å². The van der Waals surface area contributed by atoms with Crippen molar-refractivity contribution >= 4 is 0 Å². The van der Waals surface area contributed by atoms with Crippen molar-refractivity contribution in [1.82, 2.24) is 0 Å². The minimum Gasteiger partial charge on any atom is -0.508 e. The molecule has 15 heteroatoms. The second kappa shape index (κ2) is 14.8. The lowest BCUT2D eigenvalue weighted by molar-refractivity contribution is -0.00554. The summed E-state index contributed by atoms with van der Waals surface area (Å²) >= 11 is 0. The Bertz CT molecular complexity index is 2650. The predicted octanol–water partition coefficient (Wildman–Crippen LogP) is 5.63. The van der Waals surface area contributed by atoms with E-state index in [0.29, 0.717) is 16.9 Å². The molecule has 61 heavy (non-hydrogen) atoms. The normalized spacial score (nSPS) is 23.9. The van der Waals surface area contributed by atoms with E-state index in [1.807, 2.05) is 0 Å². The van der Waals surface area contributed by atoms with E-state index >= 15 is 0 Å². The summed E-state index contributed by atoms with van der Waals surface area (Å²) in [4.78, 5) is 0. The molecule has 8 atom stereocenters. The van der Waals surface area contributed by atoms with Crippen LogP contribution < -0.4 is 18.9 Å². The van der Waals surface area contributed by atoms with E-state index < -0.39 is 77.2 Å². The number of fused-ring (bicyclic) bond motifs is 3. The summed E-state index contributed by atoms with van der Waals surface area (Å²) in [6.07, 6.45) is -8.44. The molecule has 0 spiro atoms. The Morgan fingerprint density at radius 2 is 0.902 bits per heavy atom. The lowest BCUT2D eigenvalue weighted by Gasteiger charge is -2.43. The molecule has 3 aliphatic heterocycles. The van der Waals surface area contributed by atoms with Crippen LogP contribution in [0.2, 0.25) is 0 Å². The highest BCUT2D eigenvalue weighted by Gasteiger charge is 2.50. The van der Waals surface area contributed by atoms with Gasteiger partial charge in [0.2, 0.25) is 0 Å². The molecule has 9 rings (SSSR count). The van der Waals surface area contributed by atoms with Gasteiger partial charge >= 0.3 is 0 Å². The second-order valence-corrected chi connectivity index (χ2v) is 15.4. The number of phenols is 8. The molecule has 6 aromatic rings. The average molecular weight is 833 g/mol. The van der Waals surface area contributed by atoms with Gasteiger partial charge in [-0.05, 0) is 53.1 Å². The highest BCUT2D eigenvalue weighted by atomic mass is 16.5. The Kier molecular flexibility index (Phi) is 9.54. The van der Waals surface area contributed by atoms with Crippen LogP contribution in [0.15, 0.2) is 97.1 Å². The van der Waals surface area contributed by atoms with Crippen LogP contribution >= 0.6 is 0 Å². The SMILES string of the molecule is COc1ccc(C2Oc3cc(O)cc(O)c3C(c3c(O)cc(O)c4c3OC(c3ccc(O)cc3)C(O)C4c3c(O)cc(O)c4c3OC(c3ccc(O)cc3)C(O)C4)C2O)cc1. The second-order valence-electron chi connectivity index (χ2n) is 15.4. The number of aliphatic hydroxyl groups is 3. The fourth-order valence-corrected chi connectivity index (χ4v) is 8.91. The summed E-state index contributed by atoms with van der Waals surface area (Å²) < 4.78 is 24.6. The Morgan fingerprint density at radius 3 is 1.46 bits per heavy atom. The van der Waals surface area contributed by atoms with Crippen LogP contribution in [-0.2, 0) is 6.42 Å². The van der Waals surface area contributed by atoms with Gasteiger partial charge in [-0.1, -0.05) is 36.4 Å². The Morgan fingerprint density at radius 1 is 0.459 bits per heavy atom. The molecule has 0 aliphatic carbocycles. The highest BCUT2D eigenvalue weighted by molar-refractivity contribution is 5.70. The number of phenolic OH excluding ortho intramolecular Hbond substituents is 8. The molecule has 0 amide bonds. The maximum Gasteiger partial charge on any atom is 0.150 e. The summed E-state index contributed by atoms with van der Waals surface area (Å²) in [5.41, 5.74) is 0.632. The van der Waals surface area contributed by atoms with Crippen LogP contribution in [0.3, 0.4) is 0 Å². The van der Waals surface area contributed by atoms with Gasteiger partial charge in [-0.15, -0.1) is 0 Å². The topological polar surface area (TPSA) is 259 Å². The lowest BCUT2D eigenvalue weighted by atomic mass is 9.73. The molecule has 3 aliphatic rings. The van der Waals surface area contributed by atoms with Crippen LogP contribution in [0, 0.1) is 0 Å². The minimum absolute atomic E-state index is 0.0418. The fourth-order valence-electron chi connectivity index (χ4n) is 8.91. The number of aromatic hydroxyl groups is 8. The van der Waals surface area contributed by atoms with Gasteiger partial charge in [0.05, 0.1) is 25.0 Å². The van der Waals surface area contributed by atoms with E-state index in [-0.39, 0.29) is 74.3 Å². The summed E-state index contributed by atoms with van der Waals surface area (Å²) in [6, 6.07) is 22.3. The number of aliphatic hydroxyl groups excluding tert-OH is 3. The maximum atomic E-state index is 12.5. The Balaban J connectivity index is 1.30. The molecule has 15 nitrogen and oxygen atoms in total. The van der Waals surface area contributed by atoms with Crippen molar-refractivity contribution in [2.45, 2.75) is 54.9 Å². The van der Waals surface area contributed by atoms with Crippen molar-refractivity contribution in [2.24, 2.45) is 0 Å². The first-order chi connectivity index (χ1) is 29.2. The van der Waals surface area contributed by atoms with Crippen LogP contribution in [0.25, 0.3) is 0 Å². The maximum absolute atomic E-state index is 12.5. The van der Waals surface area contributed by atoms with E-state index in [1.165, 1.54) is 61.7 Å². The van der Waals surface area contributed by atoms with Gasteiger partial charge in [0, 0.05) is 58.5 Å². The first kappa shape index (κ1) is 39.3. The smallest absolute Gasteiger partial charge is 0.150 e. The van der Waals surface area contributed by atoms with Gasteiger partial charge in [-0.25, -0.2) is 0 Å². The van der Waals surface area contributed by atoms with E-state index in [0.717, 1.165) is 18.2 Å². The van der Waals surface area contributed by atoms with Crippen LogP contribution in [-0.4, -0.2) is 81.6 Å². The van der Waals surface area contributed by atoms with E-state index in [1.54, 1.807) is 24.3 Å². The highest BCUT2D eigenvalue weighted by Crippen LogP contribution is 2.62. The molecular formula is C46H40O15. The van der Waals surface area contributed by atoms with E-state index in [4.69, 9.17) is 18.9 Å². The molecular weight excluding hydrogens is 792 g/mol. The largest absolute Gasteiger partial charge is 0.508 e. The van der Waals surface area contributed by atoms with Crippen molar-refractivity contribution in [3.05, 3.63) is 142 Å². The Hall–Kier alpha value is -7.20. The number of hydrogen-bond donors (Lipinski definition) is 11. The van der Waals surface area contributed by atoms with Crippen LogP contribution in [0.5, 0.6) is 69.0 Å². The van der Waals surface area contributed by atoms with E-state index in [9.17, 15) is 56.2 Å². The zero-order valence-corrected chi connectivity index (χ0v) is 32.1. The molecule has 0 saturated heterocycles. The van der Waals surface area contributed by atoms with Gasteiger partial charge in [0.15, 0.2) is 12.2 Å². The third kappa shape index (κ3) is 6.50. The molecule has 0 aromatic heterocycles. The lowest BCUT2D eigenvalue weighted by Crippen LogP contribution is -2.39. The molecule has 6 aromatic carbocycles. The number of ether oxygens (including phenoxy) is 4. The first-order valence-electron chi connectivity index (χ1n) is 19.2. The molecule has 11 N–H and O–H groups in total. The quantitative estimate of drug-likeness (QED) is 0.0972. The molecule has 0 radical (unpaired) electrons. The van der Waals surface area contributed by atoms with Gasteiger partial charge in [-0.3, -0.25) is 0 Å². The number of rotatable bonds is 6. The van der Waals surface area contributed by atoms with Crippen molar-refractivity contribution in [3.63, 3.8) is 0 Å². The van der Waals surface area contributed by atoms with Gasteiger partial charge in [0.1, 0.15) is 87.3 Å². The standard InChI is InChI=1S/C46H40O15/c1-58-25-12-6-21(7-13-25)43-40(56)38(34-28(51)14-24(49)15-33(34)59-43)36-30(53)18-31(54)37-39(41(57)44(61-46(36)37)20-4-10-23(48)11-5-20)35-29(52)17-27(50)26-16-32(55)42(60-45(26)35)19-2-8-22(47)9-3-19/h2-15,17-18,32,38-44,47-57H,16H2,1H3. The van der Waals surface area contributed by atoms with Gasteiger partial charge < -0.3 is 75.1 Å². The zero-order chi connectivity index (χ0) is 43.0. The van der Waals surface area contributed by atoms with Gasteiger partial charge in [0.25, 0.3) is 0 Å². The number of methoxy groups -OCH3 is 1. The zero-order valence-electron chi connectivity index (χ0n) is 32.1. The third-order valence-corrected chi connectivity index (χ3v) is 11.7. The average Bonchev–Trinajstić information content (AvgIpc) is 3.22. The fraction of sp³-hybridized carbons (Fsp3) is 0.217. The molecule has 8 unspecified atom stereocenters. The summed E-state index contributed by atoms with van der Waals surface area (Å²) in [7, 11) is 1.49. The molecule has 314 valence electrons. The summed E-state index contributed by atoms with van der Waals surface area (Å²) in [5.74, 6) is -6.22. The third-order valence-electron chi connectivity index (χ3n) is 11.7. The van der Waals surface area contributed by atoms with Crippen LogP contribution in [0.4, 0.5) is 0 Å². The molecule has 0 saturated carbocycles. The molecule has 0 bridgehead atoms. The predicted molar refractivity (Wildman–Crippen MR) is 214 cm³/mol. The van der Waals surface area contributed by atoms with Crippen molar-refractivity contribution in [1.29, 1.82) is 0 Å². The Labute approximate surface area is 347 Å². The summed E-state index contributed by atoms with van der Waals surface area (Å²) in [5, 5.41) is 125. The number of benzene rings is 6. The molecule has 0 fully saturated rings.